The van der Waals surface area contributed by atoms with E-state index >= 15 is 0 Å². The molecule has 1 heterocycles. The maximum absolute atomic E-state index is 6.08. The smallest absolute Gasteiger partial charge is 0.119 e. The van der Waals surface area contributed by atoms with Crippen LogP contribution >= 0.6 is 0 Å². The molecule has 2 fully saturated rings. The van der Waals surface area contributed by atoms with Gasteiger partial charge in [-0.15, -0.1) is 0 Å². The molecule has 0 bridgehead atoms. The summed E-state index contributed by atoms with van der Waals surface area (Å²) in [6.07, 6.45) is 6.40. The molecule has 1 aromatic rings. The van der Waals surface area contributed by atoms with Crippen LogP contribution < -0.4 is 10.1 Å². The second-order valence-electron chi connectivity index (χ2n) is 6.23. The predicted molar refractivity (Wildman–Crippen MR) is 80.1 cm³/mol. The van der Waals surface area contributed by atoms with E-state index in [-0.39, 0.29) is 11.6 Å². The minimum absolute atomic E-state index is 0.105. The van der Waals surface area contributed by atoms with Gasteiger partial charge in [0, 0.05) is 6.61 Å². The van der Waals surface area contributed by atoms with Crippen LogP contribution in [-0.2, 0) is 4.74 Å². The lowest BCUT2D eigenvalue weighted by Crippen LogP contribution is -2.44. The minimum atomic E-state index is -0.105. The summed E-state index contributed by atoms with van der Waals surface area (Å²) in [5.41, 5.74) is 1.17. The fraction of sp³-hybridized carbons (Fsp3) is 0.647. The van der Waals surface area contributed by atoms with Crippen LogP contribution in [0.3, 0.4) is 0 Å². The summed E-state index contributed by atoms with van der Waals surface area (Å²) in [6.45, 7) is 3.10. The maximum Gasteiger partial charge on any atom is 0.119 e. The molecular weight excluding hydrogens is 250 g/mol. The molecule has 110 valence electrons. The monoisotopic (exact) mass is 275 g/mol. The molecule has 2 unspecified atom stereocenters. The van der Waals surface area contributed by atoms with Gasteiger partial charge in [-0.05, 0) is 63.8 Å². The third kappa shape index (κ3) is 2.99. The van der Waals surface area contributed by atoms with Crippen molar-refractivity contribution in [3.8, 4) is 5.75 Å². The highest BCUT2D eigenvalue weighted by Gasteiger charge is 2.37. The highest BCUT2D eigenvalue weighted by Crippen LogP contribution is 2.37. The summed E-state index contributed by atoms with van der Waals surface area (Å²) in [6, 6.07) is 8.75. The molecule has 2 atom stereocenters. The van der Waals surface area contributed by atoms with Gasteiger partial charge in [0.05, 0.1) is 17.7 Å². The highest BCUT2D eigenvalue weighted by atomic mass is 16.5. The molecule has 0 amide bonds. The van der Waals surface area contributed by atoms with Crippen LogP contribution in [0, 0.1) is 0 Å². The standard InChI is InChI=1S/C17H25NO2/c1-17(11-3-4-12-19-17)16(18-2)13-5-7-14(8-6-13)20-15-9-10-15/h5-8,15-16,18H,3-4,9-12H2,1-2H3. The van der Waals surface area contributed by atoms with Crippen molar-refractivity contribution >= 4 is 0 Å². The summed E-state index contributed by atoms with van der Waals surface area (Å²) in [5, 5.41) is 3.44. The minimum Gasteiger partial charge on any atom is -0.490 e. The van der Waals surface area contributed by atoms with E-state index in [0.29, 0.717) is 6.10 Å². The van der Waals surface area contributed by atoms with Gasteiger partial charge in [-0.25, -0.2) is 0 Å². The number of hydrogen-bond donors (Lipinski definition) is 1. The summed E-state index contributed by atoms with van der Waals surface area (Å²) in [7, 11) is 2.02. The van der Waals surface area contributed by atoms with Crippen LogP contribution in [0.5, 0.6) is 5.75 Å². The Morgan fingerprint density at radius 1 is 1.25 bits per heavy atom. The molecule has 2 aliphatic rings. The first-order chi connectivity index (χ1) is 9.71. The van der Waals surface area contributed by atoms with E-state index in [1.54, 1.807) is 0 Å². The Labute approximate surface area is 121 Å². The molecule has 1 N–H and O–H groups in total. The first-order valence-electron chi connectivity index (χ1n) is 7.79. The van der Waals surface area contributed by atoms with E-state index < -0.39 is 0 Å². The Morgan fingerprint density at radius 2 is 2.00 bits per heavy atom. The lowest BCUT2D eigenvalue weighted by molar-refractivity contribution is -0.0884. The molecule has 0 radical (unpaired) electrons. The van der Waals surface area contributed by atoms with Gasteiger partial charge in [0.15, 0.2) is 0 Å². The van der Waals surface area contributed by atoms with Crippen LogP contribution in [0.2, 0.25) is 0 Å². The zero-order valence-corrected chi connectivity index (χ0v) is 12.5. The maximum atomic E-state index is 6.08. The van der Waals surface area contributed by atoms with Crippen molar-refractivity contribution in [3.63, 3.8) is 0 Å². The Balaban J connectivity index is 1.74. The van der Waals surface area contributed by atoms with Crippen molar-refractivity contribution < 1.29 is 9.47 Å². The Morgan fingerprint density at radius 3 is 2.55 bits per heavy atom. The van der Waals surface area contributed by atoms with E-state index in [1.165, 1.54) is 31.2 Å². The second-order valence-corrected chi connectivity index (χ2v) is 6.23. The average Bonchev–Trinajstić information content (AvgIpc) is 3.26. The number of benzene rings is 1. The van der Waals surface area contributed by atoms with E-state index in [0.717, 1.165) is 18.8 Å². The van der Waals surface area contributed by atoms with E-state index in [2.05, 4.69) is 36.5 Å². The van der Waals surface area contributed by atoms with Gasteiger partial charge < -0.3 is 14.8 Å². The van der Waals surface area contributed by atoms with Crippen molar-refractivity contribution in [1.82, 2.24) is 5.32 Å². The molecule has 0 aromatic heterocycles. The van der Waals surface area contributed by atoms with Crippen molar-refractivity contribution in [2.45, 2.75) is 56.8 Å². The van der Waals surface area contributed by atoms with Gasteiger partial charge >= 0.3 is 0 Å². The first-order valence-corrected chi connectivity index (χ1v) is 7.79. The molecule has 0 spiro atoms. The van der Waals surface area contributed by atoms with Crippen molar-refractivity contribution in [3.05, 3.63) is 29.8 Å². The molecule has 1 aromatic carbocycles. The Kier molecular flexibility index (Phi) is 3.99. The first kappa shape index (κ1) is 13.9. The van der Waals surface area contributed by atoms with Crippen LogP contribution in [-0.4, -0.2) is 25.4 Å². The number of hydrogen-bond acceptors (Lipinski definition) is 3. The summed E-state index contributed by atoms with van der Waals surface area (Å²) in [4.78, 5) is 0. The summed E-state index contributed by atoms with van der Waals surface area (Å²) >= 11 is 0. The second kappa shape index (κ2) is 5.74. The van der Waals surface area contributed by atoms with Gasteiger partial charge in [0.1, 0.15) is 5.75 Å². The zero-order chi connectivity index (χ0) is 14.0. The van der Waals surface area contributed by atoms with E-state index in [9.17, 15) is 0 Å². The van der Waals surface area contributed by atoms with Gasteiger partial charge in [0.25, 0.3) is 0 Å². The van der Waals surface area contributed by atoms with Crippen LogP contribution in [0.1, 0.15) is 50.6 Å². The molecule has 20 heavy (non-hydrogen) atoms. The van der Waals surface area contributed by atoms with Gasteiger partial charge in [-0.2, -0.15) is 0 Å². The van der Waals surface area contributed by atoms with Crippen molar-refractivity contribution in [1.29, 1.82) is 0 Å². The SMILES string of the molecule is CNC(c1ccc(OC2CC2)cc1)C1(C)CCCCO1. The average molecular weight is 275 g/mol. The molecule has 1 aliphatic heterocycles. The van der Waals surface area contributed by atoms with Crippen LogP contribution in [0.15, 0.2) is 24.3 Å². The van der Waals surface area contributed by atoms with Crippen molar-refractivity contribution in [2.75, 3.05) is 13.7 Å². The number of ether oxygens (including phenoxy) is 2. The quantitative estimate of drug-likeness (QED) is 0.893. The molecule has 1 saturated carbocycles. The summed E-state index contributed by atoms with van der Waals surface area (Å²) < 4.78 is 11.9. The van der Waals surface area contributed by atoms with Crippen molar-refractivity contribution in [2.24, 2.45) is 0 Å². The molecular formula is C17H25NO2. The molecule has 3 rings (SSSR count). The highest BCUT2D eigenvalue weighted by molar-refractivity contribution is 5.31. The normalized spacial score (nSPS) is 28.1. The zero-order valence-electron chi connectivity index (χ0n) is 12.5. The predicted octanol–water partition coefficient (Wildman–Crippen LogP) is 3.45. The van der Waals surface area contributed by atoms with E-state index in [1.807, 2.05) is 7.05 Å². The number of rotatable bonds is 5. The summed E-state index contributed by atoms with van der Waals surface area (Å²) in [5.74, 6) is 0.987. The molecule has 1 aliphatic carbocycles. The lowest BCUT2D eigenvalue weighted by atomic mass is 9.84. The van der Waals surface area contributed by atoms with E-state index in [4.69, 9.17) is 9.47 Å². The number of nitrogens with one attached hydrogen (secondary N) is 1. The molecule has 3 heteroatoms. The largest absolute Gasteiger partial charge is 0.490 e. The van der Waals surface area contributed by atoms with Gasteiger partial charge in [0.2, 0.25) is 0 Å². The van der Waals surface area contributed by atoms with Crippen LogP contribution in [0.25, 0.3) is 0 Å². The molecule has 1 saturated heterocycles. The fourth-order valence-corrected chi connectivity index (χ4v) is 3.12. The third-order valence-corrected chi connectivity index (χ3v) is 4.44. The topological polar surface area (TPSA) is 30.5 Å². The van der Waals surface area contributed by atoms with Crippen LogP contribution in [0.4, 0.5) is 0 Å². The van der Waals surface area contributed by atoms with Gasteiger partial charge in [-0.1, -0.05) is 12.1 Å². The Hall–Kier alpha value is -1.06. The third-order valence-electron chi connectivity index (χ3n) is 4.44. The van der Waals surface area contributed by atoms with Gasteiger partial charge in [-0.3, -0.25) is 0 Å². The number of likely N-dealkylation sites (N-methyl/N-ethyl adjacent to an activating group) is 1. The lowest BCUT2D eigenvalue weighted by Gasteiger charge is -2.40. The fourth-order valence-electron chi connectivity index (χ4n) is 3.12. The molecule has 3 nitrogen and oxygen atoms in total. The Bertz CT molecular complexity index is 433.